The minimum atomic E-state index is -0.251. The van der Waals surface area contributed by atoms with Crippen LogP contribution in [0.15, 0.2) is 35.9 Å². The Morgan fingerprint density at radius 3 is 2.56 bits per heavy atom. The first kappa shape index (κ1) is 21.3. The van der Waals surface area contributed by atoms with Crippen molar-refractivity contribution in [3.8, 4) is 6.07 Å². The number of nitrogen functional groups attached to an aromatic ring is 1. The van der Waals surface area contributed by atoms with Crippen LogP contribution in [-0.4, -0.2) is 0 Å². The Hall–Kier alpha value is -2.01. The molecule has 2 rings (SSSR count). The third-order valence-corrected chi connectivity index (χ3v) is 6.85. The lowest BCUT2D eigenvalue weighted by Gasteiger charge is -2.50. The van der Waals surface area contributed by atoms with Gasteiger partial charge in [0.1, 0.15) is 0 Å². The van der Waals surface area contributed by atoms with Crippen molar-refractivity contribution in [1.82, 2.24) is 0 Å². The molecule has 0 amide bonds. The van der Waals surface area contributed by atoms with Gasteiger partial charge in [-0.05, 0) is 62.3 Å². The molecule has 0 aromatic heterocycles. The van der Waals surface area contributed by atoms with Gasteiger partial charge in [-0.3, -0.25) is 0 Å². The van der Waals surface area contributed by atoms with Crippen LogP contribution in [0, 0.1) is 23.7 Å². The van der Waals surface area contributed by atoms with E-state index in [9.17, 15) is 5.26 Å². The molecule has 0 bridgehead atoms. The van der Waals surface area contributed by atoms with Crippen molar-refractivity contribution in [2.45, 2.75) is 85.0 Å². The molecule has 0 saturated carbocycles. The molecular formula is C25H36N2. The average Bonchev–Trinajstić information content (AvgIpc) is 2.58. The first-order valence-electron chi connectivity index (χ1n) is 10.3. The van der Waals surface area contributed by atoms with Gasteiger partial charge in [0.15, 0.2) is 0 Å². The Morgan fingerprint density at radius 1 is 1.30 bits per heavy atom. The van der Waals surface area contributed by atoms with Crippen LogP contribution >= 0.6 is 0 Å². The summed E-state index contributed by atoms with van der Waals surface area (Å²) < 4.78 is 0. The van der Waals surface area contributed by atoms with E-state index in [2.05, 4.69) is 65.5 Å². The van der Waals surface area contributed by atoms with Crippen molar-refractivity contribution in [2.24, 2.45) is 5.41 Å². The van der Waals surface area contributed by atoms with Crippen molar-refractivity contribution in [3.63, 3.8) is 0 Å². The van der Waals surface area contributed by atoms with E-state index in [1.165, 1.54) is 47.1 Å². The molecule has 0 fully saturated rings. The van der Waals surface area contributed by atoms with Gasteiger partial charge in [0, 0.05) is 16.5 Å². The normalized spacial score (nSPS) is 25.0. The third-order valence-electron chi connectivity index (χ3n) is 6.85. The third kappa shape index (κ3) is 3.98. The maximum Gasteiger partial charge on any atom is 0.0666 e. The van der Waals surface area contributed by atoms with Crippen molar-refractivity contribution in [1.29, 1.82) is 5.26 Å². The van der Waals surface area contributed by atoms with Crippen LogP contribution in [0.25, 0.3) is 0 Å². The molecule has 0 aliphatic heterocycles. The summed E-state index contributed by atoms with van der Waals surface area (Å²) >= 11 is 0. The highest BCUT2D eigenvalue weighted by Gasteiger charge is 2.48. The van der Waals surface area contributed by atoms with Crippen molar-refractivity contribution >= 4 is 5.69 Å². The first-order chi connectivity index (χ1) is 12.7. The molecule has 0 radical (unpaired) electrons. The number of rotatable bonds is 7. The Labute approximate surface area is 166 Å². The van der Waals surface area contributed by atoms with Crippen LogP contribution in [0.5, 0.6) is 0 Å². The number of hydrogen-bond donors (Lipinski definition) is 1. The fraction of sp³-hybridized carbons (Fsp3) is 0.560. The number of nitriles is 1. The van der Waals surface area contributed by atoms with Gasteiger partial charge < -0.3 is 5.73 Å². The number of benzene rings is 1. The highest BCUT2D eigenvalue weighted by Crippen LogP contribution is 2.56. The first-order valence-corrected chi connectivity index (χ1v) is 10.3. The molecule has 2 nitrogen and oxygen atoms in total. The highest BCUT2D eigenvalue weighted by molar-refractivity contribution is 5.61. The number of anilines is 1. The van der Waals surface area contributed by atoms with E-state index in [0.717, 1.165) is 24.9 Å². The van der Waals surface area contributed by atoms with Crippen LogP contribution in [0.2, 0.25) is 0 Å². The lowest BCUT2D eigenvalue weighted by Crippen LogP contribution is -2.44. The molecular weight excluding hydrogens is 328 g/mol. The zero-order chi connectivity index (χ0) is 20.2. The van der Waals surface area contributed by atoms with Gasteiger partial charge >= 0.3 is 0 Å². The molecule has 1 aromatic rings. The van der Waals surface area contributed by atoms with Gasteiger partial charge in [-0.15, -0.1) is 0 Å². The van der Waals surface area contributed by atoms with E-state index < -0.39 is 0 Å². The summed E-state index contributed by atoms with van der Waals surface area (Å²) in [5.41, 5.74) is 13.4. The molecule has 2 N–H and O–H groups in total. The fourth-order valence-electron chi connectivity index (χ4n) is 4.88. The highest BCUT2D eigenvalue weighted by atomic mass is 14.6. The van der Waals surface area contributed by atoms with Crippen LogP contribution < -0.4 is 5.73 Å². The molecule has 0 heterocycles. The van der Waals surface area contributed by atoms with Gasteiger partial charge in [0.25, 0.3) is 0 Å². The topological polar surface area (TPSA) is 49.8 Å². The SMILES string of the molecule is C=C(C)C1(C)CCC(CC#N)=CC1(C)c1c(C)cc(CCCCC)cc1N. The molecule has 1 aliphatic carbocycles. The lowest BCUT2D eigenvalue weighted by atomic mass is 9.53. The second-order valence-electron chi connectivity index (χ2n) is 8.79. The minimum Gasteiger partial charge on any atom is -0.398 e. The number of allylic oxidation sites excluding steroid dienone is 3. The quantitative estimate of drug-likeness (QED) is 0.329. The van der Waals surface area contributed by atoms with Gasteiger partial charge in [0.2, 0.25) is 0 Å². The molecule has 1 aromatic carbocycles. The fourth-order valence-corrected chi connectivity index (χ4v) is 4.88. The van der Waals surface area contributed by atoms with Crippen LogP contribution in [-0.2, 0) is 11.8 Å². The zero-order valence-corrected chi connectivity index (χ0v) is 17.9. The molecule has 2 unspecified atom stereocenters. The second kappa shape index (κ2) is 8.34. The number of unbranched alkanes of at least 4 members (excludes halogenated alkanes) is 2. The largest absolute Gasteiger partial charge is 0.398 e. The van der Waals surface area contributed by atoms with Crippen LogP contribution in [0.3, 0.4) is 0 Å². The molecule has 0 saturated heterocycles. The van der Waals surface area contributed by atoms with Crippen molar-refractivity contribution in [3.05, 3.63) is 52.6 Å². The summed E-state index contributed by atoms with van der Waals surface area (Å²) in [6.45, 7) is 15.5. The summed E-state index contributed by atoms with van der Waals surface area (Å²) in [5.74, 6) is 0. The van der Waals surface area contributed by atoms with Gasteiger partial charge in [-0.1, -0.05) is 63.5 Å². The van der Waals surface area contributed by atoms with Crippen molar-refractivity contribution in [2.75, 3.05) is 5.73 Å². The molecule has 2 heteroatoms. The minimum absolute atomic E-state index is 0.0748. The van der Waals surface area contributed by atoms with E-state index in [0.29, 0.717) is 6.42 Å². The molecule has 1 aliphatic rings. The summed E-state index contributed by atoms with van der Waals surface area (Å²) in [4.78, 5) is 0. The predicted molar refractivity (Wildman–Crippen MR) is 117 cm³/mol. The van der Waals surface area contributed by atoms with Gasteiger partial charge in [0.05, 0.1) is 12.5 Å². The number of nitrogens with zero attached hydrogens (tertiary/aromatic N) is 1. The number of nitrogens with two attached hydrogens (primary N) is 1. The molecule has 0 spiro atoms. The molecule has 2 atom stereocenters. The summed E-state index contributed by atoms with van der Waals surface area (Å²) in [6, 6.07) is 6.82. The second-order valence-corrected chi connectivity index (χ2v) is 8.79. The van der Waals surface area contributed by atoms with E-state index >= 15 is 0 Å². The van der Waals surface area contributed by atoms with Crippen LogP contribution in [0.1, 0.15) is 82.9 Å². The Bertz CT molecular complexity index is 757. The standard InChI is InChI=1S/C25H36N2/c1-7-8-9-10-21-15-19(4)23(22(27)16-21)25(6)17-20(12-14-26)11-13-24(25,5)18(2)3/h15-17H,2,7-13,27H2,1,3-6H3. The maximum atomic E-state index is 9.21. The summed E-state index contributed by atoms with van der Waals surface area (Å²) in [5, 5.41) is 9.21. The van der Waals surface area contributed by atoms with E-state index in [1.54, 1.807) is 0 Å². The van der Waals surface area contributed by atoms with Crippen LogP contribution in [0.4, 0.5) is 5.69 Å². The van der Waals surface area contributed by atoms with Crippen molar-refractivity contribution < 1.29 is 0 Å². The predicted octanol–water partition coefficient (Wildman–Crippen LogP) is 6.78. The molecule has 27 heavy (non-hydrogen) atoms. The van der Waals surface area contributed by atoms with E-state index in [1.807, 2.05) is 0 Å². The zero-order valence-electron chi connectivity index (χ0n) is 17.9. The number of hydrogen-bond acceptors (Lipinski definition) is 2. The smallest absolute Gasteiger partial charge is 0.0666 e. The van der Waals surface area contributed by atoms with E-state index in [4.69, 9.17) is 5.73 Å². The van der Waals surface area contributed by atoms with E-state index in [-0.39, 0.29) is 10.8 Å². The lowest BCUT2D eigenvalue weighted by molar-refractivity contribution is 0.218. The van der Waals surface area contributed by atoms with Gasteiger partial charge in [-0.25, -0.2) is 0 Å². The summed E-state index contributed by atoms with van der Waals surface area (Å²) in [6.07, 6.45) is 9.56. The Kier molecular flexibility index (Phi) is 6.58. The van der Waals surface area contributed by atoms with Gasteiger partial charge in [-0.2, -0.15) is 5.26 Å². The Balaban J connectivity index is 2.58. The summed E-state index contributed by atoms with van der Waals surface area (Å²) in [7, 11) is 0. The molecule has 146 valence electrons. The monoisotopic (exact) mass is 364 g/mol. The number of aryl methyl sites for hydroxylation is 2. The maximum absolute atomic E-state index is 9.21. The Morgan fingerprint density at radius 2 is 2.00 bits per heavy atom. The average molecular weight is 365 g/mol.